The Kier molecular flexibility index (Phi) is 6.36. The molecule has 0 aliphatic carbocycles. The van der Waals surface area contributed by atoms with Crippen LogP contribution in [0.5, 0.6) is 0 Å². The molecule has 0 spiro atoms. The average Bonchev–Trinajstić information content (AvgIpc) is 2.79. The summed E-state index contributed by atoms with van der Waals surface area (Å²) in [6.45, 7) is 3.26. The summed E-state index contributed by atoms with van der Waals surface area (Å²) < 4.78 is 1.19. The maximum atomic E-state index is 12.6. The summed E-state index contributed by atoms with van der Waals surface area (Å²) in [6.07, 6.45) is 0.356. The number of nitrogens with one attached hydrogen (secondary N) is 1. The highest BCUT2D eigenvalue weighted by molar-refractivity contribution is 7.99. The van der Waals surface area contributed by atoms with Gasteiger partial charge in [0.1, 0.15) is 6.54 Å². The molecule has 0 atom stereocenters. The van der Waals surface area contributed by atoms with Crippen LogP contribution in [0.2, 0.25) is 0 Å². The molecule has 1 saturated heterocycles. The number of benzene rings is 2. The van der Waals surface area contributed by atoms with E-state index in [-0.39, 0.29) is 23.9 Å². The Morgan fingerprint density at radius 3 is 2.42 bits per heavy atom. The Balaban J connectivity index is 1.39. The molecule has 1 fully saturated rings. The highest BCUT2D eigenvalue weighted by Gasteiger charge is 2.17. The van der Waals surface area contributed by atoms with E-state index in [0.29, 0.717) is 23.2 Å². The predicted octanol–water partition coefficient (Wildman–Crippen LogP) is 2.46. The van der Waals surface area contributed by atoms with Gasteiger partial charge in [-0.05, 0) is 30.7 Å². The Bertz CT molecular complexity index is 1170. The Morgan fingerprint density at radius 1 is 1.03 bits per heavy atom. The maximum Gasteiger partial charge on any atom is 0.275 e. The molecule has 1 N–H and O–H groups in total. The maximum absolute atomic E-state index is 12.6. The zero-order valence-corrected chi connectivity index (χ0v) is 18.2. The van der Waals surface area contributed by atoms with Crippen LogP contribution in [0.1, 0.15) is 11.3 Å². The topological polar surface area (TPSA) is 84.3 Å². The van der Waals surface area contributed by atoms with Crippen LogP contribution in [-0.2, 0) is 22.6 Å². The average molecular weight is 437 g/mol. The van der Waals surface area contributed by atoms with Crippen LogP contribution in [0, 0.1) is 6.92 Å². The van der Waals surface area contributed by atoms with Gasteiger partial charge in [0, 0.05) is 35.7 Å². The summed E-state index contributed by atoms with van der Waals surface area (Å²) in [6, 6.07) is 14.5. The van der Waals surface area contributed by atoms with Crippen molar-refractivity contribution in [1.29, 1.82) is 0 Å². The van der Waals surface area contributed by atoms with Crippen molar-refractivity contribution in [3.05, 3.63) is 70.1 Å². The number of hydrogen-bond acceptors (Lipinski definition) is 5. The smallest absolute Gasteiger partial charge is 0.275 e. The summed E-state index contributed by atoms with van der Waals surface area (Å²) in [5.41, 5.74) is 1.93. The fraction of sp³-hybridized carbons (Fsp3) is 0.304. The van der Waals surface area contributed by atoms with Crippen molar-refractivity contribution in [1.82, 2.24) is 14.7 Å². The highest BCUT2D eigenvalue weighted by Crippen LogP contribution is 2.15. The van der Waals surface area contributed by atoms with E-state index in [2.05, 4.69) is 10.4 Å². The molecular formula is C23H24N4O3S. The van der Waals surface area contributed by atoms with Crippen LogP contribution < -0.4 is 10.9 Å². The first-order valence-electron chi connectivity index (χ1n) is 10.2. The number of anilines is 1. The predicted molar refractivity (Wildman–Crippen MR) is 123 cm³/mol. The summed E-state index contributed by atoms with van der Waals surface area (Å²) in [5.74, 6) is 1.78. The largest absolute Gasteiger partial charge is 0.341 e. The molecule has 0 bridgehead atoms. The standard InChI is InChI=1S/C23H24N4O3S/c1-16-19-4-2-3-5-20(19)23(30)27(25-16)15-21(28)24-18-8-6-17(7-9-18)14-22(29)26-10-12-31-13-11-26/h2-9H,10-15H2,1H3,(H,24,28). The van der Waals surface area contributed by atoms with Crippen LogP contribution in [0.4, 0.5) is 5.69 Å². The van der Waals surface area contributed by atoms with Gasteiger partial charge in [0.05, 0.1) is 17.5 Å². The van der Waals surface area contributed by atoms with Crippen molar-refractivity contribution in [2.75, 3.05) is 29.9 Å². The van der Waals surface area contributed by atoms with E-state index < -0.39 is 0 Å². The first-order valence-corrected chi connectivity index (χ1v) is 11.4. The van der Waals surface area contributed by atoms with E-state index in [1.54, 1.807) is 24.3 Å². The van der Waals surface area contributed by atoms with Gasteiger partial charge in [-0.1, -0.05) is 30.3 Å². The first-order chi connectivity index (χ1) is 15.0. The van der Waals surface area contributed by atoms with Crippen molar-refractivity contribution in [3.63, 3.8) is 0 Å². The van der Waals surface area contributed by atoms with Crippen molar-refractivity contribution >= 4 is 40.0 Å². The molecule has 4 rings (SSSR count). The van der Waals surface area contributed by atoms with Gasteiger partial charge in [-0.15, -0.1) is 0 Å². The van der Waals surface area contributed by atoms with Gasteiger partial charge in [-0.25, -0.2) is 4.68 Å². The van der Waals surface area contributed by atoms with Gasteiger partial charge < -0.3 is 10.2 Å². The summed E-state index contributed by atoms with van der Waals surface area (Å²) in [5, 5.41) is 8.40. The third-order valence-corrected chi connectivity index (χ3v) is 6.25. The number of aryl methyl sites for hydroxylation is 1. The van der Waals surface area contributed by atoms with Crippen molar-refractivity contribution < 1.29 is 9.59 Å². The number of thioether (sulfide) groups is 1. The number of fused-ring (bicyclic) bond motifs is 1. The second-order valence-electron chi connectivity index (χ2n) is 7.51. The van der Waals surface area contributed by atoms with Crippen molar-refractivity contribution in [3.8, 4) is 0 Å². The molecule has 31 heavy (non-hydrogen) atoms. The molecule has 2 amide bonds. The number of aromatic nitrogens is 2. The summed E-state index contributed by atoms with van der Waals surface area (Å²) in [4.78, 5) is 39.4. The van der Waals surface area contributed by atoms with Crippen LogP contribution in [0.25, 0.3) is 10.8 Å². The minimum Gasteiger partial charge on any atom is -0.341 e. The fourth-order valence-electron chi connectivity index (χ4n) is 3.65. The lowest BCUT2D eigenvalue weighted by Gasteiger charge is -2.26. The van der Waals surface area contributed by atoms with Crippen molar-refractivity contribution in [2.45, 2.75) is 19.9 Å². The zero-order valence-electron chi connectivity index (χ0n) is 17.3. The lowest BCUT2D eigenvalue weighted by molar-refractivity contribution is -0.130. The molecule has 3 aromatic rings. The first kappa shape index (κ1) is 21.1. The van der Waals surface area contributed by atoms with Gasteiger partial charge in [-0.2, -0.15) is 16.9 Å². The van der Waals surface area contributed by atoms with E-state index >= 15 is 0 Å². The van der Waals surface area contributed by atoms with Gasteiger partial charge in [-0.3, -0.25) is 14.4 Å². The molecular weight excluding hydrogens is 412 g/mol. The number of hydrogen-bond donors (Lipinski definition) is 1. The minimum atomic E-state index is -0.334. The quantitative estimate of drug-likeness (QED) is 0.664. The molecule has 2 aromatic carbocycles. The Labute approximate surface area is 184 Å². The molecule has 0 radical (unpaired) electrons. The molecule has 0 saturated carbocycles. The highest BCUT2D eigenvalue weighted by atomic mass is 32.2. The van der Waals surface area contributed by atoms with E-state index in [1.165, 1.54) is 4.68 Å². The minimum absolute atomic E-state index is 0.134. The third kappa shape index (κ3) is 4.96. The molecule has 8 heteroatoms. The van der Waals surface area contributed by atoms with Gasteiger partial charge in [0.15, 0.2) is 0 Å². The number of nitrogens with zero attached hydrogens (tertiary/aromatic N) is 3. The molecule has 7 nitrogen and oxygen atoms in total. The summed E-state index contributed by atoms with van der Waals surface area (Å²) in [7, 11) is 0. The Morgan fingerprint density at radius 2 is 1.71 bits per heavy atom. The normalized spacial score (nSPS) is 13.9. The molecule has 1 aliphatic rings. The SMILES string of the molecule is Cc1nn(CC(=O)Nc2ccc(CC(=O)N3CCSCC3)cc2)c(=O)c2ccccc12. The molecule has 0 unspecified atom stereocenters. The lowest BCUT2D eigenvalue weighted by atomic mass is 10.1. The van der Waals surface area contributed by atoms with Gasteiger partial charge in [0.25, 0.3) is 5.56 Å². The third-order valence-electron chi connectivity index (χ3n) is 5.30. The molecule has 160 valence electrons. The van der Waals surface area contributed by atoms with Crippen molar-refractivity contribution in [2.24, 2.45) is 0 Å². The number of amides is 2. The van der Waals surface area contributed by atoms with Crippen LogP contribution in [0.15, 0.2) is 53.3 Å². The van der Waals surface area contributed by atoms with Crippen LogP contribution in [-0.4, -0.2) is 51.1 Å². The van der Waals surface area contributed by atoms with E-state index in [0.717, 1.165) is 35.5 Å². The van der Waals surface area contributed by atoms with Crippen LogP contribution >= 0.6 is 11.8 Å². The van der Waals surface area contributed by atoms with E-state index in [1.807, 2.05) is 47.9 Å². The second-order valence-corrected chi connectivity index (χ2v) is 8.73. The molecule has 2 heterocycles. The van der Waals surface area contributed by atoms with E-state index in [4.69, 9.17) is 0 Å². The number of rotatable bonds is 5. The van der Waals surface area contributed by atoms with Crippen LogP contribution in [0.3, 0.4) is 0 Å². The molecule has 1 aromatic heterocycles. The monoisotopic (exact) mass is 436 g/mol. The Hall–Kier alpha value is -3.13. The van der Waals surface area contributed by atoms with E-state index in [9.17, 15) is 14.4 Å². The van der Waals surface area contributed by atoms with Gasteiger partial charge >= 0.3 is 0 Å². The fourth-order valence-corrected chi connectivity index (χ4v) is 4.56. The number of carbonyl (C=O) groups is 2. The lowest BCUT2D eigenvalue weighted by Crippen LogP contribution is -2.38. The summed E-state index contributed by atoms with van der Waals surface area (Å²) >= 11 is 1.87. The van der Waals surface area contributed by atoms with Gasteiger partial charge in [0.2, 0.25) is 11.8 Å². The molecule has 1 aliphatic heterocycles. The second kappa shape index (κ2) is 9.34. The number of carbonyl (C=O) groups excluding carboxylic acids is 2. The zero-order chi connectivity index (χ0) is 21.8.